The van der Waals surface area contributed by atoms with Crippen molar-refractivity contribution >= 4 is 35.0 Å². The van der Waals surface area contributed by atoms with E-state index in [4.69, 9.17) is 0 Å². The molecule has 2 heteroatoms. The second-order valence-corrected chi connectivity index (χ2v) is 11.2. The van der Waals surface area contributed by atoms with E-state index in [1.165, 1.54) is 0 Å². The Hall–Kier alpha value is -4.19. The van der Waals surface area contributed by atoms with Crippen molar-refractivity contribution in [2.75, 3.05) is 0 Å². The molecule has 0 bridgehead atoms. The maximum atomic E-state index is 15.1. The Bertz CT molecular complexity index is 1460. The van der Waals surface area contributed by atoms with E-state index >= 15 is 4.57 Å². The molecule has 174 valence electrons. The Labute approximate surface area is 213 Å². The molecular formula is C34H27OP. The van der Waals surface area contributed by atoms with E-state index in [9.17, 15) is 0 Å². The Balaban J connectivity index is 1.83. The maximum absolute atomic E-state index is 15.1. The number of hydrogen-bond donors (Lipinski definition) is 0. The van der Waals surface area contributed by atoms with E-state index in [0.717, 1.165) is 38.4 Å². The molecule has 0 unspecified atom stereocenters. The smallest absolute Gasteiger partial charge is 0.164 e. The predicted octanol–water partition coefficient (Wildman–Crippen LogP) is 8.28. The van der Waals surface area contributed by atoms with Gasteiger partial charge in [0.15, 0.2) is 7.14 Å². The molecule has 0 amide bonds. The number of hydrogen-bond acceptors (Lipinski definition) is 1. The first-order chi connectivity index (χ1) is 17.7. The lowest BCUT2D eigenvalue weighted by molar-refractivity contribution is 0.592. The summed E-state index contributed by atoms with van der Waals surface area (Å²) in [5.41, 5.74) is 5.16. The second-order valence-electron chi connectivity index (χ2n) is 8.57. The summed E-state index contributed by atoms with van der Waals surface area (Å²) in [6, 6.07) is 50.5. The molecule has 5 aromatic rings. The van der Waals surface area contributed by atoms with Crippen LogP contribution in [-0.2, 0) is 4.57 Å². The standard InChI is InChI=1S/C34H27OP/c35-36(31-22-12-4-13-23-31,32-24-14-5-15-25-32)27-34(30-20-10-3-11-21-30)33(29-18-8-2-9-19-29)26-28-16-6-1-7-17-28/h1-27H/b33-26+,34-27+. The molecule has 0 aliphatic rings. The van der Waals surface area contributed by atoms with Gasteiger partial charge in [-0.15, -0.1) is 0 Å². The van der Waals surface area contributed by atoms with Gasteiger partial charge in [0.2, 0.25) is 0 Å². The quantitative estimate of drug-likeness (QED) is 0.130. The highest BCUT2D eigenvalue weighted by Gasteiger charge is 2.27. The highest BCUT2D eigenvalue weighted by atomic mass is 31.2. The lowest BCUT2D eigenvalue weighted by atomic mass is 9.92. The van der Waals surface area contributed by atoms with Gasteiger partial charge in [-0.2, -0.15) is 0 Å². The summed E-state index contributed by atoms with van der Waals surface area (Å²) in [6.07, 6.45) is 2.19. The van der Waals surface area contributed by atoms with Crippen molar-refractivity contribution in [3.05, 3.63) is 174 Å². The lowest BCUT2D eigenvalue weighted by Gasteiger charge is -2.20. The molecule has 0 atom stereocenters. The highest BCUT2D eigenvalue weighted by Crippen LogP contribution is 2.50. The van der Waals surface area contributed by atoms with Gasteiger partial charge in [0.1, 0.15) is 0 Å². The van der Waals surface area contributed by atoms with Gasteiger partial charge in [-0.1, -0.05) is 152 Å². The Morgan fingerprint density at radius 3 is 1.25 bits per heavy atom. The molecule has 0 saturated heterocycles. The minimum atomic E-state index is -3.13. The first kappa shape index (κ1) is 23.5. The van der Waals surface area contributed by atoms with Crippen LogP contribution in [0.2, 0.25) is 0 Å². The van der Waals surface area contributed by atoms with Crippen molar-refractivity contribution in [2.45, 2.75) is 0 Å². The minimum absolute atomic E-state index is 0.816. The Kier molecular flexibility index (Phi) is 7.22. The number of benzene rings is 5. The lowest BCUT2D eigenvalue weighted by Crippen LogP contribution is -2.14. The van der Waals surface area contributed by atoms with Gasteiger partial charge >= 0.3 is 0 Å². The van der Waals surface area contributed by atoms with Crippen LogP contribution >= 0.6 is 7.14 Å². The molecule has 0 N–H and O–H groups in total. The van der Waals surface area contributed by atoms with Crippen molar-refractivity contribution in [3.8, 4) is 0 Å². The van der Waals surface area contributed by atoms with Crippen molar-refractivity contribution in [1.82, 2.24) is 0 Å². The Morgan fingerprint density at radius 1 is 0.444 bits per heavy atom. The third-order valence-corrected chi connectivity index (χ3v) is 8.91. The van der Waals surface area contributed by atoms with Crippen molar-refractivity contribution in [2.24, 2.45) is 0 Å². The molecule has 0 aromatic heterocycles. The van der Waals surface area contributed by atoms with Crippen LogP contribution < -0.4 is 10.6 Å². The Morgan fingerprint density at radius 2 is 0.806 bits per heavy atom. The highest BCUT2D eigenvalue weighted by molar-refractivity contribution is 7.81. The predicted molar refractivity (Wildman–Crippen MR) is 155 cm³/mol. The summed E-state index contributed by atoms with van der Waals surface area (Å²) in [6.45, 7) is 0. The van der Waals surface area contributed by atoms with Gasteiger partial charge in [-0.25, -0.2) is 0 Å². The fourth-order valence-corrected chi connectivity index (χ4v) is 6.82. The summed E-state index contributed by atoms with van der Waals surface area (Å²) >= 11 is 0. The molecule has 0 spiro atoms. The summed E-state index contributed by atoms with van der Waals surface area (Å²) in [5.74, 6) is 2.01. The minimum Gasteiger partial charge on any atom is -0.309 e. The molecule has 0 fully saturated rings. The van der Waals surface area contributed by atoms with E-state index < -0.39 is 7.14 Å². The van der Waals surface area contributed by atoms with Gasteiger partial charge in [0.25, 0.3) is 0 Å². The maximum Gasteiger partial charge on any atom is 0.164 e. The first-order valence-corrected chi connectivity index (χ1v) is 13.8. The molecule has 0 saturated carbocycles. The summed E-state index contributed by atoms with van der Waals surface area (Å²) in [5, 5.41) is 1.63. The van der Waals surface area contributed by atoms with Gasteiger partial charge in [0, 0.05) is 10.6 Å². The largest absolute Gasteiger partial charge is 0.309 e. The van der Waals surface area contributed by atoms with Crippen molar-refractivity contribution in [3.63, 3.8) is 0 Å². The molecule has 1 nitrogen and oxygen atoms in total. The van der Waals surface area contributed by atoms with Crippen LogP contribution in [0.15, 0.2) is 157 Å². The summed E-state index contributed by atoms with van der Waals surface area (Å²) in [7, 11) is -3.13. The molecule has 36 heavy (non-hydrogen) atoms. The summed E-state index contributed by atoms with van der Waals surface area (Å²) in [4.78, 5) is 0. The fourth-order valence-electron chi connectivity index (χ4n) is 4.35. The van der Waals surface area contributed by atoms with Gasteiger partial charge < -0.3 is 4.57 Å². The second kappa shape index (κ2) is 11.0. The molecule has 0 heterocycles. The monoisotopic (exact) mass is 482 g/mol. The van der Waals surface area contributed by atoms with Gasteiger partial charge in [-0.05, 0) is 39.7 Å². The van der Waals surface area contributed by atoms with E-state index in [2.05, 4.69) is 42.5 Å². The van der Waals surface area contributed by atoms with Crippen LogP contribution in [0.25, 0.3) is 17.2 Å². The van der Waals surface area contributed by atoms with Crippen LogP contribution in [0.5, 0.6) is 0 Å². The number of rotatable bonds is 7. The van der Waals surface area contributed by atoms with Crippen LogP contribution in [0, 0.1) is 0 Å². The zero-order valence-corrected chi connectivity index (χ0v) is 20.8. The van der Waals surface area contributed by atoms with Crippen LogP contribution in [-0.4, -0.2) is 0 Å². The normalized spacial score (nSPS) is 12.3. The average molecular weight is 483 g/mol. The van der Waals surface area contributed by atoms with E-state index in [1.807, 2.05) is 121 Å². The molecule has 0 radical (unpaired) electrons. The van der Waals surface area contributed by atoms with Crippen molar-refractivity contribution < 1.29 is 4.57 Å². The van der Waals surface area contributed by atoms with Crippen molar-refractivity contribution in [1.29, 1.82) is 0 Å². The van der Waals surface area contributed by atoms with E-state index in [-0.39, 0.29) is 0 Å². The van der Waals surface area contributed by atoms with Gasteiger partial charge in [0.05, 0.1) is 0 Å². The van der Waals surface area contributed by atoms with E-state index in [1.54, 1.807) is 0 Å². The third kappa shape index (κ3) is 5.23. The molecular weight excluding hydrogens is 455 g/mol. The van der Waals surface area contributed by atoms with Crippen LogP contribution in [0.1, 0.15) is 16.7 Å². The number of allylic oxidation sites excluding steroid dienone is 2. The third-order valence-electron chi connectivity index (χ3n) is 6.16. The zero-order valence-electron chi connectivity index (χ0n) is 19.9. The van der Waals surface area contributed by atoms with Crippen LogP contribution in [0.3, 0.4) is 0 Å². The van der Waals surface area contributed by atoms with Crippen LogP contribution in [0.4, 0.5) is 0 Å². The molecule has 0 aliphatic heterocycles. The molecule has 0 aliphatic carbocycles. The molecule has 5 aromatic carbocycles. The zero-order chi connectivity index (χ0) is 24.6. The first-order valence-electron chi connectivity index (χ1n) is 12.1. The SMILES string of the molecule is O=P(/C=C(/C(=C/c1ccccc1)c1ccccc1)c1ccccc1)(c1ccccc1)c1ccccc1. The molecule has 5 rings (SSSR count). The summed E-state index contributed by atoms with van der Waals surface area (Å²) < 4.78 is 15.1. The van der Waals surface area contributed by atoms with E-state index in [0.29, 0.717) is 0 Å². The average Bonchev–Trinajstić information content (AvgIpc) is 2.97. The fraction of sp³-hybridized carbons (Fsp3) is 0. The topological polar surface area (TPSA) is 17.1 Å². The van der Waals surface area contributed by atoms with Gasteiger partial charge in [-0.3, -0.25) is 0 Å².